The van der Waals surface area contributed by atoms with Gasteiger partial charge < -0.3 is 10.1 Å². The molecule has 0 aliphatic heterocycles. The second-order valence-corrected chi connectivity index (χ2v) is 7.59. The highest BCUT2D eigenvalue weighted by Crippen LogP contribution is 2.31. The van der Waals surface area contributed by atoms with Crippen LogP contribution in [0.1, 0.15) is 17.5 Å². The maximum atomic E-state index is 13.4. The fraction of sp³-hybridized carbons (Fsp3) is 0.0714. The molecule has 2 aromatic carbocycles. The van der Waals surface area contributed by atoms with Gasteiger partial charge in [-0.3, -0.25) is 9.79 Å². The number of nitrogens with one attached hydrogen (secondary N) is 1. The normalized spacial score (nSPS) is 14.4. The Labute approximate surface area is 202 Å². The number of hydrogen-bond donors (Lipinski definition) is 1. The second kappa shape index (κ2) is 11.0. The number of ether oxygens (including phenoxy) is 1. The molecular formula is C28H23FN4O2. The molecule has 3 aromatic rings. The van der Waals surface area contributed by atoms with Gasteiger partial charge in [0.05, 0.1) is 5.71 Å². The minimum Gasteiger partial charge on any atom is -0.439 e. The molecule has 0 atom stereocenters. The summed E-state index contributed by atoms with van der Waals surface area (Å²) in [5.41, 5.74) is 5.20. The molecule has 35 heavy (non-hydrogen) atoms. The lowest BCUT2D eigenvalue weighted by atomic mass is 9.89. The van der Waals surface area contributed by atoms with E-state index in [4.69, 9.17) is 4.74 Å². The number of allylic oxidation sites excluding steroid dienone is 4. The number of halogens is 1. The maximum absolute atomic E-state index is 13.4. The summed E-state index contributed by atoms with van der Waals surface area (Å²) in [4.78, 5) is 24.6. The van der Waals surface area contributed by atoms with E-state index in [0.29, 0.717) is 23.7 Å². The molecule has 1 aromatic heterocycles. The van der Waals surface area contributed by atoms with Crippen molar-refractivity contribution in [3.63, 3.8) is 0 Å². The van der Waals surface area contributed by atoms with Gasteiger partial charge in [-0.05, 0) is 59.2 Å². The first-order valence-corrected chi connectivity index (χ1v) is 10.9. The lowest BCUT2D eigenvalue weighted by Gasteiger charge is -2.17. The molecule has 0 bridgehead atoms. The van der Waals surface area contributed by atoms with Crippen molar-refractivity contribution in [3.05, 3.63) is 109 Å². The van der Waals surface area contributed by atoms with E-state index >= 15 is 0 Å². The van der Waals surface area contributed by atoms with Gasteiger partial charge in [-0.25, -0.2) is 14.4 Å². The number of aliphatic imine (C=N–C) groups is 2. The van der Waals surface area contributed by atoms with Crippen molar-refractivity contribution in [3.8, 4) is 11.6 Å². The highest BCUT2D eigenvalue weighted by Gasteiger charge is 2.16. The number of carbonyl (C=O) groups is 1. The van der Waals surface area contributed by atoms with Gasteiger partial charge in [-0.2, -0.15) is 0 Å². The predicted octanol–water partition coefficient (Wildman–Crippen LogP) is 6.11. The van der Waals surface area contributed by atoms with Crippen LogP contribution in [0.3, 0.4) is 0 Å². The molecular weight excluding hydrogens is 443 g/mol. The fourth-order valence-corrected chi connectivity index (χ4v) is 3.54. The van der Waals surface area contributed by atoms with Crippen molar-refractivity contribution < 1.29 is 13.9 Å². The van der Waals surface area contributed by atoms with Crippen LogP contribution in [0.15, 0.2) is 102 Å². The highest BCUT2D eigenvalue weighted by atomic mass is 19.1. The summed E-state index contributed by atoms with van der Waals surface area (Å²) >= 11 is 0. The first-order valence-electron chi connectivity index (χ1n) is 10.9. The SMILES string of the molecule is C=CC(=O)Nc1cccc(C2=CC(c3ccc(Oc4cccc(F)c4)nc3)=CCC2=NC=NC)c1. The van der Waals surface area contributed by atoms with Crippen molar-refractivity contribution in [1.29, 1.82) is 0 Å². The van der Waals surface area contributed by atoms with Gasteiger partial charge in [0.1, 0.15) is 17.9 Å². The van der Waals surface area contributed by atoms with Crippen LogP contribution in [0.4, 0.5) is 10.1 Å². The van der Waals surface area contributed by atoms with Crippen LogP contribution in [0.5, 0.6) is 11.6 Å². The molecule has 0 fully saturated rings. The van der Waals surface area contributed by atoms with E-state index in [-0.39, 0.29) is 11.7 Å². The van der Waals surface area contributed by atoms with Crippen molar-refractivity contribution >= 4 is 34.8 Å². The molecule has 0 radical (unpaired) electrons. The number of benzene rings is 2. The van der Waals surface area contributed by atoms with Crippen LogP contribution in [0.25, 0.3) is 11.1 Å². The third kappa shape index (κ3) is 6.03. The second-order valence-electron chi connectivity index (χ2n) is 7.59. The number of hydrogen-bond acceptors (Lipinski definition) is 4. The topological polar surface area (TPSA) is 75.9 Å². The number of anilines is 1. The maximum Gasteiger partial charge on any atom is 0.247 e. The van der Waals surface area contributed by atoms with E-state index in [1.54, 1.807) is 31.4 Å². The number of pyridine rings is 1. The molecule has 174 valence electrons. The summed E-state index contributed by atoms with van der Waals surface area (Å²) < 4.78 is 19.1. The smallest absolute Gasteiger partial charge is 0.247 e. The molecule has 0 saturated carbocycles. The van der Waals surface area contributed by atoms with Crippen LogP contribution >= 0.6 is 0 Å². The lowest BCUT2D eigenvalue weighted by Crippen LogP contribution is -2.09. The largest absolute Gasteiger partial charge is 0.439 e. The lowest BCUT2D eigenvalue weighted by molar-refractivity contribution is -0.111. The highest BCUT2D eigenvalue weighted by molar-refractivity contribution is 6.29. The van der Waals surface area contributed by atoms with Gasteiger partial charge in [0.25, 0.3) is 0 Å². The summed E-state index contributed by atoms with van der Waals surface area (Å²) in [6.45, 7) is 3.50. The zero-order chi connectivity index (χ0) is 24.6. The number of nitrogens with zero attached hydrogens (tertiary/aromatic N) is 3. The Bertz CT molecular complexity index is 1370. The van der Waals surface area contributed by atoms with E-state index < -0.39 is 0 Å². The molecule has 6 nitrogen and oxygen atoms in total. The predicted molar refractivity (Wildman–Crippen MR) is 138 cm³/mol. The van der Waals surface area contributed by atoms with Crippen molar-refractivity contribution in [2.45, 2.75) is 6.42 Å². The molecule has 0 unspecified atom stereocenters. The first-order chi connectivity index (χ1) is 17.1. The van der Waals surface area contributed by atoms with Crippen LogP contribution in [-0.2, 0) is 4.79 Å². The van der Waals surface area contributed by atoms with Crippen molar-refractivity contribution in [1.82, 2.24) is 4.98 Å². The molecule has 0 spiro atoms. The summed E-state index contributed by atoms with van der Waals surface area (Å²) in [6.07, 6.45) is 9.16. The molecule has 1 N–H and O–H groups in total. The quantitative estimate of drug-likeness (QED) is 0.259. The minimum atomic E-state index is -0.372. The Morgan fingerprint density at radius 2 is 2.00 bits per heavy atom. The third-order valence-corrected chi connectivity index (χ3v) is 5.17. The number of aromatic nitrogens is 1. The molecule has 1 aliphatic carbocycles. The van der Waals surface area contributed by atoms with Gasteiger partial charge in [0, 0.05) is 43.1 Å². The zero-order valence-electron chi connectivity index (χ0n) is 19.1. The van der Waals surface area contributed by atoms with Crippen LogP contribution in [0, 0.1) is 5.82 Å². The van der Waals surface area contributed by atoms with Gasteiger partial charge in [-0.1, -0.05) is 30.9 Å². The van der Waals surface area contributed by atoms with E-state index in [0.717, 1.165) is 28.0 Å². The molecule has 7 heteroatoms. The van der Waals surface area contributed by atoms with E-state index in [1.165, 1.54) is 24.5 Å². The number of rotatable bonds is 7. The first kappa shape index (κ1) is 23.5. The minimum absolute atomic E-state index is 0.279. The van der Waals surface area contributed by atoms with Gasteiger partial charge in [-0.15, -0.1) is 0 Å². The molecule has 0 saturated heterocycles. The standard InChI is InChI=1S/C28H23FN4O2/c1-3-27(34)33-23-8-4-6-20(14-23)25-15-19(10-12-26(25)32-18-30-2)21-11-13-28(31-17-21)35-24-9-5-7-22(29)16-24/h3-11,13-18H,1,12H2,2H3,(H,33,34). The summed E-state index contributed by atoms with van der Waals surface area (Å²) in [6, 6.07) is 17.1. The Morgan fingerprint density at radius 1 is 1.14 bits per heavy atom. The van der Waals surface area contributed by atoms with Crippen LogP contribution in [0.2, 0.25) is 0 Å². The molecule has 1 heterocycles. The van der Waals surface area contributed by atoms with Crippen molar-refractivity contribution in [2.24, 2.45) is 9.98 Å². The number of amides is 1. The van der Waals surface area contributed by atoms with Gasteiger partial charge in [0.2, 0.25) is 11.8 Å². The monoisotopic (exact) mass is 466 g/mol. The summed E-state index contributed by atoms with van der Waals surface area (Å²) in [7, 11) is 1.67. The van der Waals surface area contributed by atoms with Crippen molar-refractivity contribution in [2.75, 3.05) is 12.4 Å². The van der Waals surface area contributed by atoms with E-state index in [2.05, 4.69) is 32.9 Å². The van der Waals surface area contributed by atoms with E-state index in [1.807, 2.05) is 36.4 Å². The molecule has 1 aliphatic rings. The third-order valence-electron chi connectivity index (χ3n) is 5.17. The zero-order valence-corrected chi connectivity index (χ0v) is 19.1. The number of carbonyl (C=O) groups excluding carboxylic acids is 1. The Hall–Kier alpha value is -4.65. The fourth-order valence-electron chi connectivity index (χ4n) is 3.54. The summed E-state index contributed by atoms with van der Waals surface area (Å²) in [5.74, 6) is 0.0973. The van der Waals surface area contributed by atoms with E-state index in [9.17, 15) is 9.18 Å². The Balaban J connectivity index is 1.63. The van der Waals surface area contributed by atoms with Gasteiger partial charge in [0.15, 0.2) is 0 Å². The average Bonchev–Trinajstić information content (AvgIpc) is 2.88. The Kier molecular flexibility index (Phi) is 7.37. The summed E-state index contributed by atoms with van der Waals surface area (Å²) in [5, 5.41) is 2.79. The average molecular weight is 467 g/mol. The Morgan fingerprint density at radius 3 is 2.74 bits per heavy atom. The van der Waals surface area contributed by atoms with Gasteiger partial charge >= 0.3 is 0 Å². The molecule has 4 rings (SSSR count). The van der Waals surface area contributed by atoms with Crippen LogP contribution < -0.4 is 10.1 Å². The molecule has 1 amide bonds. The van der Waals surface area contributed by atoms with Crippen LogP contribution in [-0.4, -0.2) is 30.0 Å².